The number of fused-ring (bicyclic) bond motifs is 1. The monoisotopic (exact) mass is 420 g/mol. The summed E-state index contributed by atoms with van der Waals surface area (Å²) in [6.45, 7) is 3.90. The summed E-state index contributed by atoms with van der Waals surface area (Å²) in [5.41, 5.74) is 9.38. The van der Waals surface area contributed by atoms with Crippen molar-refractivity contribution in [3.8, 4) is 5.75 Å². The third-order valence-electron chi connectivity index (χ3n) is 6.51. The standard InChI is InChI=1S/C25H29FN4O/c26-21-4-6-23(7-5-21)31-13-10-22-15-25(29-28-22)20-9-12-30(17-20)16-18-3-8-24-19(14-18)2-1-11-27-24/h1-8,11,14,20,22,25,28-29H,9-10,12-13,15-17H2. The first kappa shape index (κ1) is 20.4. The van der Waals surface area contributed by atoms with Crippen LogP contribution < -0.4 is 15.6 Å². The minimum Gasteiger partial charge on any atom is -0.494 e. The zero-order valence-corrected chi connectivity index (χ0v) is 17.6. The number of hydrogen-bond acceptors (Lipinski definition) is 5. The van der Waals surface area contributed by atoms with Crippen molar-refractivity contribution in [2.75, 3.05) is 19.7 Å². The number of pyridine rings is 1. The predicted octanol–water partition coefficient (Wildman–Crippen LogP) is 3.90. The molecule has 3 unspecified atom stereocenters. The molecule has 3 heterocycles. The molecule has 31 heavy (non-hydrogen) atoms. The van der Waals surface area contributed by atoms with Crippen LogP contribution in [0.1, 0.15) is 24.8 Å². The van der Waals surface area contributed by atoms with Gasteiger partial charge in [-0.25, -0.2) is 4.39 Å². The molecular weight excluding hydrogens is 391 g/mol. The van der Waals surface area contributed by atoms with E-state index in [1.165, 1.54) is 29.5 Å². The molecule has 0 saturated carbocycles. The van der Waals surface area contributed by atoms with Gasteiger partial charge in [0.15, 0.2) is 0 Å². The number of hydrazine groups is 1. The summed E-state index contributed by atoms with van der Waals surface area (Å²) >= 11 is 0. The molecule has 2 fully saturated rings. The molecule has 0 spiro atoms. The minimum absolute atomic E-state index is 0.236. The van der Waals surface area contributed by atoms with Crippen LogP contribution in [-0.2, 0) is 6.54 Å². The summed E-state index contributed by atoms with van der Waals surface area (Å²) in [6.07, 6.45) is 5.13. The van der Waals surface area contributed by atoms with Crippen molar-refractivity contribution in [1.29, 1.82) is 0 Å². The molecule has 2 aromatic carbocycles. The van der Waals surface area contributed by atoms with E-state index in [-0.39, 0.29) is 5.82 Å². The van der Waals surface area contributed by atoms with Gasteiger partial charge in [0, 0.05) is 36.8 Å². The maximum atomic E-state index is 13.0. The van der Waals surface area contributed by atoms with Crippen LogP contribution in [0, 0.1) is 11.7 Å². The number of rotatable bonds is 7. The van der Waals surface area contributed by atoms with Gasteiger partial charge in [0.1, 0.15) is 11.6 Å². The Morgan fingerprint density at radius 1 is 1.10 bits per heavy atom. The van der Waals surface area contributed by atoms with Gasteiger partial charge in [0.05, 0.1) is 12.1 Å². The van der Waals surface area contributed by atoms with Crippen molar-refractivity contribution in [3.63, 3.8) is 0 Å². The Kier molecular flexibility index (Phi) is 6.11. The highest BCUT2D eigenvalue weighted by molar-refractivity contribution is 5.78. The Hall–Kier alpha value is -2.54. The maximum absolute atomic E-state index is 13.0. The van der Waals surface area contributed by atoms with E-state index in [1.807, 2.05) is 12.3 Å². The van der Waals surface area contributed by atoms with Gasteiger partial charge < -0.3 is 4.74 Å². The molecule has 5 nitrogen and oxygen atoms in total. The molecule has 2 aliphatic heterocycles. The van der Waals surface area contributed by atoms with Crippen molar-refractivity contribution in [1.82, 2.24) is 20.7 Å². The Balaban J connectivity index is 1.07. The van der Waals surface area contributed by atoms with E-state index in [1.54, 1.807) is 12.1 Å². The highest BCUT2D eigenvalue weighted by Gasteiger charge is 2.34. The first-order chi connectivity index (χ1) is 15.2. The molecule has 0 aliphatic carbocycles. The van der Waals surface area contributed by atoms with E-state index in [9.17, 15) is 4.39 Å². The van der Waals surface area contributed by atoms with E-state index < -0.39 is 0 Å². The Morgan fingerprint density at radius 3 is 2.90 bits per heavy atom. The summed E-state index contributed by atoms with van der Waals surface area (Å²) in [6, 6.07) is 17.9. The van der Waals surface area contributed by atoms with Gasteiger partial charge >= 0.3 is 0 Å². The molecule has 0 radical (unpaired) electrons. The van der Waals surface area contributed by atoms with Crippen molar-refractivity contribution >= 4 is 10.9 Å². The Morgan fingerprint density at radius 2 is 2.00 bits per heavy atom. The lowest BCUT2D eigenvalue weighted by atomic mass is 9.94. The molecule has 2 aliphatic rings. The number of nitrogens with one attached hydrogen (secondary N) is 2. The molecule has 6 heteroatoms. The van der Waals surface area contributed by atoms with Gasteiger partial charge in [-0.3, -0.25) is 20.7 Å². The first-order valence-electron chi connectivity index (χ1n) is 11.2. The highest BCUT2D eigenvalue weighted by Crippen LogP contribution is 2.27. The van der Waals surface area contributed by atoms with Gasteiger partial charge in [-0.05, 0) is 79.8 Å². The van der Waals surface area contributed by atoms with Crippen LogP contribution in [0.5, 0.6) is 5.75 Å². The van der Waals surface area contributed by atoms with Crippen LogP contribution in [-0.4, -0.2) is 41.7 Å². The molecule has 5 rings (SSSR count). The van der Waals surface area contributed by atoms with Gasteiger partial charge in [-0.2, -0.15) is 0 Å². The zero-order valence-electron chi connectivity index (χ0n) is 17.6. The fourth-order valence-corrected chi connectivity index (χ4v) is 4.82. The average Bonchev–Trinajstić information content (AvgIpc) is 3.45. The quantitative estimate of drug-likeness (QED) is 0.607. The highest BCUT2D eigenvalue weighted by atomic mass is 19.1. The third-order valence-corrected chi connectivity index (χ3v) is 6.51. The van der Waals surface area contributed by atoms with Gasteiger partial charge in [0.2, 0.25) is 0 Å². The van der Waals surface area contributed by atoms with E-state index in [0.29, 0.717) is 24.6 Å². The third kappa shape index (κ3) is 5.03. The van der Waals surface area contributed by atoms with Crippen LogP contribution in [0.15, 0.2) is 60.8 Å². The molecule has 1 aromatic heterocycles. The van der Waals surface area contributed by atoms with Crippen LogP contribution in [0.2, 0.25) is 0 Å². The van der Waals surface area contributed by atoms with Gasteiger partial charge in [0.25, 0.3) is 0 Å². The molecular formula is C25H29FN4O. The second-order valence-corrected chi connectivity index (χ2v) is 8.73. The van der Waals surface area contributed by atoms with Crippen LogP contribution in [0.4, 0.5) is 4.39 Å². The lowest BCUT2D eigenvalue weighted by molar-refractivity contribution is 0.288. The summed E-state index contributed by atoms with van der Waals surface area (Å²) in [5.74, 6) is 1.15. The predicted molar refractivity (Wildman–Crippen MR) is 120 cm³/mol. The van der Waals surface area contributed by atoms with Crippen LogP contribution in [0.3, 0.4) is 0 Å². The summed E-state index contributed by atoms with van der Waals surface area (Å²) < 4.78 is 18.7. The SMILES string of the molecule is Fc1ccc(OCCC2CC(C3CCN(Cc4ccc5ncccc5c4)C3)NN2)cc1. The van der Waals surface area contributed by atoms with E-state index in [4.69, 9.17) is 4.74 Å². The van der Waals surface area contributed by atoms with Crippen LogP contribution in [0.25, 0.3) is 10.9 Å². The fourth-order valence-electron chi connectivity index (χ4n) is 4.82. The number of aromatic nitrogens is 1. The fraction of sp³-hybridized carbons (Fsp3) is 0.400. The second-order valence-electron chi connectivity index (χ2n) is 8.73. The lowest BCUT2D eigenvalue weighted by Crippen LogP contribution is -2.38. The molecule has 0 amide bonds. The minimum atomic E-state index is -0.236. The van der Waals surface area contributed by atoms with Crippen molar-refractivity contribution in [2.24, 2.45) is 5.92 Å². The zero-order chi connectivity index (χ0) is 21.0. The molecule has 2 N–H and O–H groups in total. The number of ether oxygens (including phenoxy) is 1. The normalized spacial score (nSPS) is 24.1. The maximum Gasteiger partial charge on any atom is 0.123 e. The lowest BCUT2D eigenvalue weighted by Gasteiger charge is -2.20. The first-order valence-corrected chi connectivity index (χ1v) is 11.2. The summed E-state index contributed by atoms with van der Waals surface area (Å²) in [7, 11) is 0. The van der Waals surface area contributed by atoms with Gasteiger partial charge in [-0.15, -0.1) is 0 Å². The van der Waals surface area contributed by atoms with E-state index in [2.05, 4.69) is 45.0 Å². The average molecular weight is 421 g/mol. The van der Waals surface area contributed by atoms with Crippen molar-refractivity contribution in [3.05, 3.63) is 72.2 Å². The smallest absolute Gasteiger partial charge is 0.123 e. The summed E-state index contributed by atoms with van der Waals surface area (Å²) in [4.78, 5) is 6.98. The second kappa shape index (κ2) is 9.30. The topological polar surface area (TPSA) is 49.4 Å². The van der Waals surface area contributed by atoms with E-state index >= 15 is 0 Å². The number of hydrogen-bond donors (Lipinski definition) is 2. The Bertz CT molecular complexity index is 1010. The molecule has 3 atom stereocenters. The number of benzene rings is 2. The van der Waals surface area contributed by atoms with Crippen molar-refractivity contribution < 1.29 is 9.13 Å². The van der Waals surface area contributed by atoms with E-state index in [0.717, 1.165) is 43.7 Å². The molecule has 162 valence electrons. The molecule has 0 bridgehead atoms. The molecule has 3 aromatic rings. The van der Waals surface area contributed by atoms with Gasteiger partial charge in [-0.1, -0.05) is 12.1 Å². The molecule has 2 saturated heterocycles. The van der Waals surface area contributed by atoms with Crippen LogP contribution >= 0.6 is 0 Å². The number of nitrogens with zero attached hydrogens (tertiary/aromatic N) is 2. The van der Waals surface area contributed by atoms with Crippen molar-refractivity contribution in [2.45, 2.75) is 37.9 Å². The number of likely N-dealkylation sites (tertiary alicyclic amines) is 1. The largest absolute Gasteiger partial charge is 0.494 e. The summed E-state index contributed by atoms with van der Waals surface area (Å²) in [5, 5.41) is 1.21. The number of halogens is 1. The Labute approximate surface area is 182 Å².